The van der Waals surface area contributed by atoms with E-state index in [-0.39, 0.29) is 6.79 Å². The standard InChI is InChI=1S/C13H8O4/c14-12-10-3-1-8-5-11(4-2-9(8)6-10)13(15)17-7-16-12/h1-6H,7H2. The molecule has 0 unspecified atom stereocenters. The third-order valence-corrected chi connectivity index (χ3v) is 2.69. The van der Waals surface area contributed by atoms with Gasteiger partial charge in [0.05, 0.1) is 11.1 Å². The summed E-state index contributed by atoms with van der Waals surface area (Å²) in [6.07, 6.45) is 0. The van der Waals surface area contributed by atoms with Gasteiger partial charge in [-0.15, -0.1) is 0 Å². The van der Waals surface area contributed by atoms with Gasteiger partial charge in [0.15, 0.2) is 0 Å². The van der Waals surface area contributed by atoms with Crippen molar-refractivity contribution in [2.24, 2.45) is 0 Å². The molecule has 4 bridgehead atoms. The van der Waals surface area contributed by atoms with E-state index in [1.54, 1.807) is 36.4 Å². The van der Waals surface area contributed by atoms with Crippen LogP contribution in [0.3, 0.4) is 0 Å². The summed E-state index contributed by atoms with van der Waals surface area (Å²) in [6.45, 7) is -0.362. The van der Waals surface area contributed by atoms with E-state index < -0.39 is 11.9 Å². The van der Waals surface area contributed by atoms with E-state index in [4.69, 9.17) is 9.47 Å². The Kier molecular flexibility index (Phi) is 2.08. The second-order valence-corrected chi connectivity index (χ2v) is 3.76. The average molecular weight is 228 g/mol. The number of hydrogen-bond acceptors (Lipinski definition) is 4. The molecule has 0 fully saturated rings. The molecule has 3 aliphatic heterocycles. The molecule has 5 rings (SSSR count). The maximum absolute atomic E-state index is 11.6. The number of benzene rings is 2. The van der Waals surface area contributed by atoms with Gasteiger partial charge in [-0.25, -0.2) is 9.59 Å². The van der Waals surface area contributed by atoms with Crippen LogP contribution in [-0.4, -0.2) is 18.7 Å². The van der Waals surface area contributed by atoms with E-state index in [0.29, 0.717) is 11.1 Å². The number of hydrogen-bond donors (Lipinski definition) is 0. The second-order valence-electron chi connectivity index (χ2n) is 3.76. The molecular weight excluding hydrogens is 220 g/mol. The van der Waals surface area contributed by atoms with Crippen molar-refractivity contribution in [3.8, 4) is 0 Å². The van der Waals surface area contributed by atoms with E-state index in [1.165, 1.54) is 0 Å². The highest BCUT2D eigenvalue weighted by molar-refractivity contribution is 5.99. The molecule has 17 heavy (non-hydrogen) atoms. The molecule has 0 amide bonds. The summed E-state index contributed by atoms with van der Waals surface area (Å²) >= 11 is 0. The Morgan fingerprint density at radius 3 is 1.71 bits per heavy atom. The van der Waals surface area contributed by atoms with Crippen LogP contribution in [0.2, 0.25) is 0 Å². The van der Waals surface area contributed by atoms with Crippen molar-refractivity contribution in [3.63, 3.8) is 0 Å². The van der Waals surface area contributed by atoms with Crippen LogP contribution in [0.4, 0.5) is 0 Å². The Morgan fingerprint density at radius 2 is 1.24 bits per heavy atom. The lowest BCUT2D eigenvalue weighted by atomic mass is 10.0. The molecule has 0 saturated carbocycles. The first-order chi connectivity index (χ1) is 8.24. The molecule has 4 nitrogen and oxygen atoms in total. The molecule has 0 N–H and O–H groups in total. The molecule has 0 radical (unpaired) electrons. The van der Waals surface area contributed by atoms with Gasteiger partial charge >= 0.3 is 11.9 Å². The van der Waals surface area contributed by atoms with E-state index in [9.17, 15) is 9.59 Å². The van der Waals surface area contributed by atoms with Gasteiger partial charge in [0.1, 0.15) is 0 Å². The molecular formula is C13H8O4. The smallest absolute Gasteiger partial charge is 0.341 e. The highest BCUT2D eigenvalue weighted by Gasteiger charge is 2.14. The van der Waals surface area contributed by atoms with Crippen molar-refractivity contribution in [3.05, 3.63) is 47.5 Å². The molecule has 0 aromatic heterocycles. The van der Waals surface area contributed by atoms with Crippen LogP contribution in [0.5, 0.6) is 0 Å². The minimum atomic E-state index is -0.496. The first-order valence-electron chi connectivity index (χ1n) is 5.12. The predicted molar refractivity (Wildman–Crippen MR) is 59.6 cm³/mol. The number of carbonyl (C=O) groups excluding carboxylic acids is 2. The summed E-state index contributed by atoms with van der Waals surface area (Å²) in [4.78, 5) is 23.2. The number of carbonyl (C=O) groups is 2. The lowest BCUT2D eigenvalue weighted by molar-refractivity contribution is -0.0166. The van der Waals surface area contributed by atoms with E-state index in [2.05, 4.69) is 0 Å². The minimum Gasteiger partial charge on any atom is -0.424 e. The summed E-state index contributed by atoms with van der Waals surface area (Å²) in [5, 5.41) is 1.77. The van der Waals surface area contributed by atoms with Crippen LogP contribution in [0.15, 0.2) is 36.4 Å². The largest absolute Gasteiger partial charge is 0.424 e. The van der Waals surface area contributed by atoms with Crippen LogP contribution in [0.1, 0.15) is 20.7 Å². The van der Waals surface area contributed by atoms with Crippen LogP contribution in [0, 0.1) is 0 Å². The topological polar surface area (TPSA) is 52.6 Å². The maximum Gasteiger partial charge on any atom is 0.341 e. The minimum absolute atomic E-state index is 0.362. The van der Waals surface area contributed by atoms with E-state index >= 15 is 0 Å². The monoisotopic (exact) mass is 228 g/mol. The van der Waals surface area contributed by atoms with Crippen molar-refractivity contribution in [2.45, 2.75) is 0 Å². The van der Waals surface area contributed by atoms with Crippen LogP contribution < -0.4 is 0 Å². The van der Waals surface area contributed by atoms with Crippen LogP contribution in [-0.2, 0) is 9.47 Å². The molecule has 3 aliphatic rings. The molecule has 84 valence electrons. The fraction of sp³-hybridized carbons (Fsp3) is 0.0769. The lowest BCUT2D eigenvalue weighted by Crippen LogP contribution is -2.12. The van der Waals surface area contributed by atoms with E-state index in [1.807, 2.05) is 0 Å². The zero-order valence-electron chi connectivity index (χ0n) is 8.80. The summed E-state index contributed by atoms with van der Waals surface area (Å²) in [5.74, 6) is -0.992. The Bertz CT molecular complexity index is 575. The number of esters is 2. The van der Waals surface area contributed by atoms with Crippen LogP contribution >= 0.6 is 0 Å². The van der Waals surface area contributed by atoms with Gasteiger partial charge in [0.25, 0.3) is 0 Å². The normalized spacial score (nSPS) is 14.8. The molecule has 4 heteroatoms. The Hall–Kier alpha value is -2.36. The Labute approximate surface area is 96.8 Å². The molecule has 3 heterocycles. The lowest BCUT2D eigenvalue weighted by Gasteiger charge is -2.04. The van der Waals surface area contributed by atoms with Crippen molar-refractivity contribution in [1.82, 2.24) is 0 Å². The van der Waals surface area contributed by atoms with E-state index in [0.717, 1.165) is 10.8 Å². The van der Waals surface area contributed by atoms with Gasteiger partial charge in [0.2, 0.25) is 6.79 Å². The Balaban J connectivity index is 2.28. The van der Waals surface area contributed by atoms with Gasteiger partial charge in [-0.3, -0.25) is 0 Å². The molecule has 2 aromatic rings. The maximum atomic E-state index is 11.6. The van der Waals surface area contributed by atoms with Gasteiger partial charge in [-0.2, -0.15) is 0 Å². The van der Waals surface area contributed by atoms with Crippen molar-refractivity contribution < 1.29 is 19.1 Å². The summed E-state index contributed by atoms with van der Waals surface area (Å²) in [6, 6.07) is 10.4. The molecule has 0 saturated heterocycles. The zero-order chi connectivity index (χ0) is 11.8. The second kappa shape index (κ2) is 3.59. The third kappa shape index (κ3) is 1.63. The van der Waals surface area contributed by atoms with Crippen molar-refractivity contribution >= 4 is 22.7 Å². The quantitative estimate of drug-likeness (QED) is 0.648. The molecule has 0 aliphatic carbocycles. The SMILES string of the molecule is O=C1OCOC(=O)c2ccc3cc1ccc3c2. The first-order valence-corrected chi connectivity index (χ1v) is 5.12. The number of rotatable bonds is 0. The third-order valence-electron chi connectivity index (χ3n) is 2.69. The number of ether oxygens (including phenoxy) is 2. The predicted octanol–water partition coefficient (Wildman–Crippen LogP) is 2.12. The number of fused-ring (bicyclic) bond motifs is 2. The Morgan fingerprint density at radius 1 is 0.765 bits per heavy atom. The molecule has 2 aromatic carbocycles. The fourth-order valence-corrected chi connectivity index (χ4v) is 1.80. The molecule has 0 spiro atoms. The van der Waals surface area contributed by atoms with Gasteiger partial charge in [-0.1, -0.05) is 12.1 Å². The summed E-state index contributed by atoms with van der Waals surface area (Å²) < 4.78 is 9.64. The van der Waals surface area contributed by atoms with Crippen molar-refractivity contribution in [2.75, 3.05) is 6.79 Å². The average Bonchev–Trinajstić information content (AvgIpc) is 2.40. The van der Waals surface area contributed by atoms with Gasteiger partial charge < -0.3 is 9.47 Å². The highest BCUT2D eigenvalue weighted by atomic mass is 16.7. The molecule has 0 atom stereocenters. The van der Waals surface area contributed by atoms with Crippen LogP contribution in [0.25, 0.3) is 10.8 Å². The van der Waals surface area contributed by atoms with Gasteiger partial charge in [-0.05, 0) is 35.0 Å². The summed E-state index contributed by atoms with van der Waals surface area (Å²) in [5.41, 5.74) is 0.895. The first kappa shape index (κ1) is 9.84. The zero-order valence-corrected chi connectivity index (χ0v) is 8.80. The highest BCUT2D eigenvalue weighted by Crippen LogP contribution is 2.20. The fourth-order valence-electron chi connectivity index (χ4n) is 1.80. The summed E-state index contributed by atoms with van der Waals surface area (Å²) in [7, 11) is 0. The van der Waals surface area contributed by atoms with Gasteiger partial charge in [0, 0.05) is 0 Å². The van der Waals surface area contributed by atoms with Crippen molar-refractivity contribution in [1.29, 1.82) is 0 Å².